The maximum absolute atomic E-state index is 14.0. The monoisotopic (exact) mass is 309 g/mol. The van der Waals surface area contributed by atoms with Crippen molar-refractivity contribution in [2.24, 2.45) is 5.41 Å². The summed E-state index contributed by atoms with van der Waals surface area (Å²) in [5.74, 6) is -3.83. The van der Waals surface area contributed by atoms with Crippen LogP contribution in [-0.4, -0.2) is 47.3 Å². The first kappa shape index (κ1) is 14.9. The van der Waals surface area contributed by atoms with Crippen LogP contribution >= 0.6 is 0 Å². The fourth-order valence-corrected chi connectivity index (χ4v) is 3.29. The molecule has 1 N–H and O–H groups in total. The van der Waals surface area contributed by atoms with Gasteiger partial charge in [0.05, 0.1) is 18.4 Å². The van der Waals surface area contributed by atoms with E-state index in [2.05, 4.69) is 10.3 Å². The van der Waals surface area contributed by atoms with E-state index < -0.39 is 30.2 Å². The number of hydrogen-bond acceptors (Lipinski definition) is 3. The molecule has 2 fully saturated rings. The number of aromatic nitrogens is 1. The van der Waals surface area contributed by atoms with E-state index in [1.807, 2.05) is 0 Å². The molecule has 2 amide bonds. The molecule has 0 saturated carbocycles. The van der Waals surface area contributed by atoms with Gasteiger partial charge in [0.2, 0.25) is 11.8 Å². The molecular weight excluding hydrogens is 292 g/mol. The molecule has 3 heterocycles. The molecule has 0 aliphatic carbocycles. The highest BCUT2D eigenvalue weighted by Crippen LogP contribution is 2.43. The minimum atomic E-state index is -3.04. The molecule has 118 valence electrons. The Hall–Kier alpha value is -2.05. The highest BCUT2D eigenvalue weighted by molar-refractivity contribution is 5.87. The minimum Gasteiger partial charge on any atom is -0.356 e. The van der Waals surface area contributed by atoms with Crippen LogP contribution in [0, 0.1) is 5.41 Å². The first-order valence-electron chi connectivity index (χ1n) is 7.24. The third-order valence-corrected chi connectivity index (χ3v) is 4.29. The summed E-state index contributed by atoms with van der Waals surface area (Å²) >= 11 is 0. The second-order valence-electron chi connectivity index (χ2n) is 6.07. The van der Waals surface area contributed by atoms with Gasteiger partial charge >= 0.3 is 0 Å². The first-order chi connectivity index (χ1) is 10.4. The van der Waals surface area contributed by atoms with Crippen LogP contribution in [0.25, 0.3) is 0 Å². The SMILES string of the molecule is O=C(Cc1ccccn1)N1CC(F)(F)C[C@]2(CCNC2=O)C1. The van der Waals surface area contributed by atoms with E-state index >= 15 is 0 Å². The number of piperidine rings is 1. The molecular formula is C15H17F2N3O2. The van der Waals surface area contributed by atoms with Gasteiger partial charge in [0.1, 0.15) is 0 Å². The Labute approximate surface area is 126 Å². The van der Waals surface area contributed by atoms with E-state index in [1.165, 1.54) is 0 Å². The van der Waals surface area contributed by atoms with Crippen molar-refractivity contribution in [2.45, 2.75) is 25.2 Å². The smallest absolute Gasteiger partial charge is 0.266 e. The van der Waals surface area contributed by atoms with Crippen LogP contribution in [0.4, 0.5) is 8.78 Å². The van der Waals surface area contributed by atoms with Gasteiger partial charge in [-0.25, -0.2) is 8.78 Å². The summed E-state index contributed by atoms with van der Waals surface area (Å²) in [6.45, 7) is -0.190. The topological polar surface area (TPSA) is 62.3 Å². The molecule has 22 heavy (non-hydrogen) atoms. The van der Waals surface area contributed by atoms with Crippen LogP contribution in [0.5, 0.6) is 0 Å². The van der Waals surface area contributed by atoms with Crippen molar-refractivity contribution in [3.05, 3.63) is 30.1 Å². The number of carbonyl (C=O) groups excluding carboxylic acids is 2. The number of likely N-dealkylation sites (tertiary alicyclic amines) is 1. The number of nitrogens with one attached hydrogen (secondary N) is 1. The standard InChI is InChI=1S/C15H17F2N3O2/c16-15(17)8-14(4-6-19-13(14)22)9-20(10-15)12(21)7-11-3-1-2-5-18-11/h1-3,5H,4,6-10H2,(H,19,22)/t14-/m1/s1. The summed E-state index contributed by atoms with van der Waals surface area (Å²) in [6.07, 6.45) is 1.38. The molecule has 1 aromatic heterocycles. The lowest BCUT2D eigenvalue weighted by Gasteiger charge is -2.42. The van der Waals surface area contributed by atoms with E-state index in [0.717, 1.165) is 4.90 Å². The van der Waals surface area contributed by atoms with E-state index in [9.17, 15) is 18.4 Å². The average molecular weight is 309 g/mol. The molecule has 0 radical (unpaired) electrons. The normalized spacial score (nSPS) is 27.0. The lowest BCUT2D eigenvalue weighted by Crippen LogP contribution is -2.57. The third-order valence-electron chi connectivity index (χ3n) is 4.29. The van der Waals surface area contributed by atoms with Crippen molar-refractivity contribution in [1.29, 1.82) is 0 Å². The third kappa shape index (κ3) is 2.80. The number of amides is 2. The summed E-state index contributed by atoms with van der Waals surface area (Å²) in [5, 5.41) is 2.60. The van der Waals surface area contributed by atoms with Crippen molar-refractivity contribution in [1.82, 2.24) is 15.2 Å². The average Bonchev–Trinajstić information content (AvgIpc) is 2.78. The van der Waals surface area contributed by atoms with E-state index in [4.69, 9.17) is 0 Å². The predicted molar refractivity (Wildman–Crippen MR) is 74.1 cm³/mol. The van der Waals surface area contributed by atoms with Gasteiger partial charge in [-0.3, -0.25) is 14.6 Å². The molecule has 1 aromatic rings. The van der Waals surface area contributed by atoms with Gasteiger partial charge in [-0.15, -0.1) is 0 Å². The molecule has 2 aliphatic heterocycles. The number of pyridine rings is 1. The molecule has 0 unspecified atom stereocenters. The summed E-state index contributed by atoms with van der Waals surface area (Å²) < 4.78 is 28.1. The van der Waals surface area contributed by atoms with Crippen molar-refractivity contribution < 1.29 is 18.4 Å². The Balaban J connectivity index is 1.78. The lowest BCUT2D eigenvalue weighted by atomic mass is 9.77. The molecule has 1 atom stereocenters. The highest BCUT2D eigenvalue weighted by atomic mass is 19.3. The molecule has 1 spiro atoms. The van der Waals surface area contributed by atoms with Gasteiger partial charge in [-0.2, -0.15) is 0 Å². The van der Waals surface area contributed by atoms with Crippen LogP contribution in [0.2, 0.25) is 0 Å². The Morgan fingerprint density at radius 3 is 2.82 bits per heavy atom. The number of halogens is 2. The van der Waals surface area contributed by atoms with Gasteiger partial charge in [-0.05, 0) is 18.6 Å². The van der Waals surface area contributed by atoms with Crippen molar-refractivity contribution >= 4 is 11.8 Å². The maximum atomic E-state index is 14.0. The van der Waals surface area contributed by atoms with E-state index in [-0.39, 0.29) is 18.9 Å². The van der Waals surface area contributed by atoms with E-state index in [0.29, 0.717) is 18.7 Å². The van der Waals surface area contributed by atoms with Gasteiger partial charge in [0.25, 0.3) is 5.92 Å². The molecule has 0 aromatic carbocycles. The second-order valence-corrected chi connectivity index (χ2v) is 6.07. The van der Waals surface area contributed by atoms with Crippen LogP contribution in [0.3, 0.4) is 0 Å². The quantitative estimate of drug-likeness (QED) is 0.886. The van der Waals surface area contributed by atoms with Gasteiger partial charge in [-0.1, -0.05) is 6.07 Å². The van der Waals surface area contributed by atoms with E-state index in [1.54, 1.807) is 24.4 Å². The van der Waals surface area contributed by atoms with Gasteiger partial charge < -0.3 is 10.2 Å². The fraction of sp³-hybridized carbons (Fsp3) is 0.533. The Morgan fingerprint density at radius 1 is 1.36 bits per heavy atom. The van der Waals surface area contributed by atoms with Gasteiger partial charge in [0.15, 0.2) is 0 Å². The lowest BCUT2D eigenvalue weighted by molar-refractivity contribution is -0.159. The molecule has 0 bridgehead atoms. The van der Waals surface area contributed by atoms with Crippen LogP contribution in [0.15, 0.2) is 24.4 Å². The number of rotatable bonds is 2. The van der Waals surface area contributed by atoms with Crippen LogP contribution in [-0.2, 0) is 16.0 Å². The van der Waals surface area contributed by atoms with Crippen molar-refractivity contribution in [2.75, 3.05) is 19.6 Å². The Bertz CT molecular complexity index is 594. The Kier molecular flexibility index (Phi) is 3.58. The summed E-state index contributed by atoms with van der Waals surface area (Å²) in [4.78, 5) is 29.4. The number of nitrogens with zero attached hydrogens (tertiary/aromatic N) is 2. The molecule has 2 aliphatic rings. The fourth-order valence-electron chi connectivity index (χ4n) is 3.29. The van der Waals surface area contributed by atoms with Gasteiger partial charge in [0, 0.05) is 31.4 Å². The van der Waals surface area contributed by atoms with Crippen LogP contribution in [0.1, 0.15) is 18.5 Å². The number of alkyl halides is 2. The van der Waals surface area contributed by atoms with Crippen LogP contribution < -0.4 is 5.32 Å². The Morgan fingerprint density at radius 2 is 2.18 bits per heavy atom. The molecule has 5 nitrogen and oxygen atoms in total. The zero-order valence-electron chi connectivity index (χ0n) is 12.0. The molecule has 3 rings (SSSR count). The largest absolute Gasteiger partial charge is 0.356 e. The maximum Gasteiger partial charge on any atom is 0.266 e. The number of carbonyl (C=O) groups is 2. The first-order valence-corrected chi connectivity index (χ1v) is 7.24. The van der Waals surface area contributed by atoms with Crippen molar-refractivity contribution in [3.8, 4) is 0 Å². The number of hydrogen-bond donors (Lipinski definition) is 1. The predicted octanol–water partition coefficient (Wildman–Crippen LogP) is 0.998. The summed E-state index contributed by atoms with van der Waals surface area (Å²) in [6, 6.07) is 5.14. The molecule has 2 saturated heterocycles. The highest BCUT2D eigenvalue weighted by Gasteiger charge is 2.55. The van der Waals surface area contributed by atoms with Crippen molar-refractivity contribution in [3.63, 3.8) is 0 Å². The zero-order valence-corrected chi connectivity index (χ0v) is 12.0. The zero-order chi connectivity index (χ0) is 15.8. The summed E-state index contributed by atoms with van der Waals surface area (Å²) in [7, 11) is 0. The minimum absolute atomic E-state index is 0.0331. The molecule has 7 heteroatoms. The summed E-state index contributed by atoms with van der Waals surface area (Å²) in [5.41, 5.74) is -0.618. The second kappa shape index (κ2) is 5.30.